The topological polar surface area (TPSA) is 67.4 Å². The number of amides is 1. The normalized spacial score (nSPS) is 23.4. The molecule has 4 rings (SSSR count). The lowest BCUT2D eigenvalue weighted by atomic mass is 10.0. The summed E-state index contributed by atoms with van der Waals surface area (Å²) >= 11 is 0. The first-order valence-electron chi connectivity index (χ1n) is 11.9. The Morgan fingerprint density at radius 2 is 1.90 bits per heavy atom. The Balaban J connectivity index is 1.70. The molecule has 30 heavy (non-hydrogen) atoms. The van der Waals surface area contributed by atoms with Crippen molar-refractivity contribution in [3.05, 3.63) is 29.6 Å². The molecule has 164 valence electrons. The third-order valence-electron chi connectivity index (χ3n) is 7.08. The van der Waals surface area contributed by atoms with Crippen LogP contribution in [0.5, 0.6) is 0 Å². The van der Waals surface area contributed by atoms with Gasteiger partial charge in [0.1, 0.15) is 11.3 Å². The van der Waals surface area contributed by atoms with Crippen molar-refractivity contribution in [3.63, 3.8) is 0 Å². The summed E-state index contributed by atoms with van der Waals surface area (Å²) in [6.07, 6.45) is 8.67. The van der Waals surface area contributed by atoms with Crippen LogP contribution in [0.15, 0.2) is 18.2 Å². The van der Waals surface area contributed by atoms with Crippen LogP contribution in [-0.4, -0.2) is 57.5 Å². The number of rotatable bonds is 8. The van der Waals surface area contributed by atoms with Gasteiger partial charge < -0.3 is 10.3 Å². The fraction of sp³-hybridized carbons (Fsp3) is 0.667. The molecule has 2 aliphatic rings. The minimum Gasteiger partial charge on any atom is -0.366 e. The number of imidazole rings is 1. The molecule has 0 radical (unpaired) electrons. The van der Waals surface area contributed by atoms with Gasteiger partial charge in [-0.05, 0) is 70.3 Å². The van der Waals surface area contributed by atoms with Crippen LogP contribution >= 0.6 is 0 Å². The SMILES string of the molecule is CCCN1CCCC1c1nc2c(C(N)=O)cccc2n1CCN1CCCCC1CC. The monoisotopic (exact) mass is 411 g/mol. The quantitative estimate of drug-likeness (QED) is 0.714. The Bertz CT molecular complexity index is 876. The molecule has 2 aliphatic heterocycles. The molecule has 2 fully saturated rings. The van der Waals surface area contributed by atoms with E-state index in [0.717, 1.165) is 55.9 Å². The first-order chi connectivity index (χ1) is 14.6. The molecule has 1 aromatic carbocycles. The van der Waals surface area contributed by atoms with Gasteiger partial charge in [-0.2, -0.15) is 0 Å². The molecule has 2 aromatic rings. The number of carbonyl (C=O) groups excluding carboxylic acids is 1. The van der Waals surface area contributed by atoms with Crippen LogP contribution in [0.2, 0.25) is 0 Å². The molecule has 2 unspecified atom stereocenters. The third kappa shape index (κ3) is 4.12. The fourth-order valence-corrected chi connectivity index (χ4v) is 5.57. The van der Waals surface area contributed by atoms with E-state index in [1.807, 2.05) is 12.1 Å². The van der Waals surface area contributed by atoms with Gasteiger partial charge in [-0.25, -0.2) is 4.98 Å². The van der Waals surface area contributed by atoms with Crippen LogP contribution in [-0.2, 0) is 6.54 Å². The second kappa shape index (κ2) is 9.48. The van der Waals surface area contributed by atoms with Crippen molar-refractivity contribution in [2.45, 2.75) is 77.4 Å². The maximum Gasteiger partial charge on any atom is 0.250 e. The van der Waals surface area contributed by atoms with Crippen molar-refractivity contribution in [2.24, 2.45) is 5.73 Å². The number of primary amides is 1. The van der Waals surface area contributed by atoms with E-state index < -0.39 is 5.91 Å². The van der Waals surface area contributed by atoms with Gasteiger partial charge in [0.15, 0.2) is 0 Å². The van der Waals surface area contributed by atoms with E-state index in [1.54, 1.807) is 0 Å². The van der Waals surface area contributed by atoms with E-state index in [1.165, 1.54) is 38.6 Å². The van der Waals surface area contributed by atoms with Crippen molar-refractivity contribution in [1.29, 1.82) is 0 Å². The average molecular weight is 412 g/mol. The number of aromatic nitrogens is 2. The van der Waals surface area contributed by atoms with Gasteiger partial charge in [-0.3, -0.25) is 14.6 Å². The van der Waals surface area contributed by atoms with E-state index in [0.29, 0.717) is 17.6 Å². The summed E-state index contributed by atoms with van der Waals surface area (Å²) in [5.41, 5.74) is 8.05. The molecule has 0 spiro atoms. The van der Waals surface area contributed by atoms with Crippen LogP contribution in [0, 0.1) is 0 Å². The van der Waals surface area contributed by atoms with Crippen LogP contribution in [0.1, 0.15) is 81.0 Å². The first kappa shape index (κ1) is 21.3. The lowest BCUT2D eigenvalue weighted by Gasteiger charge is -2.35. The molecular weight excluding hydrogens is 374 g/mol. The maximum absolute atomic E-state index is 12.1. The van der Waals surface area contributed by atoms with Gasteiger partial charge in [0.05, 0.1) is 17.1 Å². The summed E-state index contributed by atoms with van der Waals surface area (Å²) in [7, 11) is 0. The molecule has 2 saturated heterocycles. The summed E-state index contributed by atoms with van der Waals surface area (Å²) < 4.78 is 2.39. The second-order valence-electron chi connectivity index (χ2n) is 8.95. The number of fused-ring (bicyclic) bond motifs is 1. The molecular formula is C24H37N5O. The Morgan fingerprint density at radius 1 is 1.07 bits per heavy atom. The lowest BCUT2D eigenvalue weighted by molar-refractivity contribution is 0.100. The summed E-state index contributed by atoms with van der Waals surface area (Å²) in [5, 5.41) is 0. The molecule has 6 heteroatoms. The minimum absolute atomic E-state index is 0.335. The number of piperidine rings is 1. The van der Waals surface area contributed by atoms with E-state index in [2.05, 4.69) is 34.3 Å². The number of carbonyl (C=O) groups is 1. The Hall–Kier alpha value is -1.92. The van der Waals surface area contributed by atoms with Crippen LogP contribution in [0.3, 0.4) is 0 Å². The first-order valence-corrected chi connectivity index (χ1v) is 11.9. The van der Waals surface area contributed by atoms with Crippen LogP contribution in [0.25, 0.3) is 11.0 Å². The van der Waals surface area contributed by atoms with Gasteiger partial charge >= 0.3 is 0 Å². The summed E-state index contributed by atoms with van der Waals surface area (Å²) in [5.74, 6) is 0.727. The Labute approximate surface area is 180 Å². The summed E-state index contributed by atoms with van der Waals surface area (Å²) in [6, 6.07) is 6.88. The molecule has 1 aromatic heterocycles. The molecule has 3 heterocycles. The highest BCUT2D eigenvalue weighted by Crippen LogP contribution is 2.34. The highest BCUT2D eigenvalue weighted by atomic mass is 16.1. The van der Waals surface area contributed by atoms with E-state index in [9.17, 15) is 4.79 Å². The highest BCUT2D eigenvalue weighted by molar-refractivity contribution is 6.04. The minimum atomic E-state index is -0.393. The van der Waals surface area contributed by atoms with Gasteiger partial charge in [0, 0.05) is 19.1 Å². The molecule has 6 nitrogen and oxygen atoms in total. The molecule has 0 bridgehead atoms. The summed E-state index contributed by atoms with van der Waals surface area (Å²) in [4.78, 5) is 22.3. The second-order valence-corrected chi connectivity index (χ2v) is 8.95. The largest absolute Gasteiger partial charge is 0.366 e. The van der Waals surface area contributed by atoms with Crippen molar-refractivity contribution < 1.29 is 4.79 Å². The molecule has 0 aliphatic carbocycles. The number of benzene rings is 1. The van der Waals surface area contributed by atoms with Gasteiger partial charge in [-0.1, -0.05) is 26.3 Å². The van der Waals surface area contributed by atoms with E-state index >= 15 is 0 Å². The molecule has 2 atom stereocenters. The standard InChI is InChI=1S/C24H37N5O/c1-3-13-28-15-8-12-21(28)24-26-22-19(23(25)30)10-7-11-20(22)29(24)17-16-27-14-6-5-9-18(27)4-2/h7,10-11,18,21H,3-6,8-9,12-17H2,1-2H3,(H2,25,30). The number of hydrogen-bond donors (Lipinski definition) is 1. The third-order valence-corrected chi connectivity index (χ3v) is 7.08. The number of nitrogens with two attached hydrogens (primary N) is 1. The predicted molar refractivity (Wildman–Crippen MR) is 122 cm³/mol. The number of likely N-dealkylation sites (tertiary alicyclic amines) is 2. The average Bonchev–Trinajstić information content (AvgIpc) is 3.36. The van der Waals surface area contributed by atoms with Crippen molar-refractivity contribution in [2.75, 3.05) is 26.2 Å². The number of hydrogen-bond acceptors (Lipinski definition) is 4. The molecule has 1 amide bonds. The Kier molecular flexibility index (Phi) is 6.74. The van der Waals surface area contributed by atoms with Crippen LogP contribution < -0.4 is 5.73 Å². The van der Waals surface area contributed by atoms with Gasteiger partial charge in [0.25, 0.3) is 5.91 Å². The fourth-order valence-electron chi connectivity index (χ4n) is 5.57. The van der Waals surface area contributed by atoms with E-state index in [-0.39, 0.29) is 0 Å². The maximum atomic E-state index is 12.1. The lowest BCUT2D eigenvalue weighted by Crippen LogP contribution is -2.41. The van der Waals surface area contributed by atoms with E-state index in [4.69, 9.17) is 10.7 Å². The van der Waals surface area contributed by atoms with Crippen molar-refractivity contribution >= 4 is 16.9 Å². The Morgan fingerprint density at radius 3 is 2.67 bits per heavy atom. The summed E-state index contributed by atoms with van der Waals surface area (Å²) in [6.45, 7) is 9.93. The van der Waals surface area contributed by atoms with Gasteiger partial charge in [0.2, 0.25) is 0 Å². The highest BCUT2D eigenvalue weighted by Gasteiger charge is 2.31. The number of para-hydroxylation sites is 1. The molecule has 0 saturated carbocycles. The van der Waals surface area contributed by atoms with Gasteiger partial charge in [-0.15, -0.1) is 0 Å². The molecule has 2 N–H and O–H groups in total. The predicted octanol–water partition coefficient (Wildman–Crippen LogP) is 3.95. The van der Waals surface area contributed by atoms with Crippen LogP contribution in [0.4, 0.5) is 0 Å². The zero-order valence-corrected chi connectivity index (χ0v) is 18.6. The number of nitrogens with zero attached hydrogens (tertiary/aromatic N) is 4. The smallest absolute Gasteiger partial charge is 0.250 e. The zero-order chi connectivity index (χ0) is 21.1. The van der Waals surface area contributed by atoms with Crippen molar-refractivity contribution in [1.82, 2.24) is 19.4 Å². The zero-order valence-electron chi connectivity index (χ0n) is 18.6. The van der Waals surface area contributed by atoms with Crippen molar-refractivity contribution in [3.8, 4) is 0 Å².